The molecular weight excluding hydrogens is 374 g/mol. The molecule has 158 valence electrons. The van der Waals surface area contributed by atoms with Gasteiger partial charge in [0.1, 0.15) is 5.75 Å². The maximum Gasteiger partial charge on any atom is 0.227 e. The first-order valence-corrected chi connectivity index (χ1v) is 10.9. The van der Waals surface area contributed by atoms with Gasteiger partial charge in [0.2, 0.25) is 5.88 Å². The third kappa shape index (κ3) is 5.10. The van der Waals surface area contributed by atoms with E-state index < -0.39 is 0 Å². The molecule has 1 fully saturated rings. The van der Waals surface area contributed by atoms with E-state index in [0.717, 1.165) is 54.0 Å². The number of benzene rings is 2. The van der Waals surface area contributed by atoms with Crippen molar-refractivity contribution in [3.63, 3.8) is 0 Å². The fourth-order valence-corrected chi connectivity index (χ4v) is 3.84. The second-order valence-electron chi connectivity index (χ2n) is 8.23. The van der Waals surface area contributed by atoms with Crippen molar-refractivity contribution in [1.82, 2.24) is 14.7 Å². The van der Waals surface area contributed by atoms with Gasteiger partial charge in [-0.1, -0.05) is 43.3 Å². The number of aryl methyl sites for hydroxylation is 1. The molecule has 2 aromatic carbocycles. The summed E-state index contributed by atoms with van der Waals surface area (Å²) in [7, 11) is 0. The van der Waals surface area contributed by atoms with Gasteiger partial charge < -0.3 is 9.84 Å². The largest absolute Gasteiger partial charge is 0.439 e. The normalized spacial score (nSPS) is 14.8. The van der Waals surface area contributed by atoms with Crippen LogP contribution in [0.4, 0.5) is 0 Å². The van der Waals surface area contributed by atoms with E-state index in [9.17, 15) is 5.11 Å². The molecular formula is C25H31N3O2. The van der Waals surface area contributed by atoms with E-state index in [1.165, 1.54) is 12.8 Å². The highest BCUT2D eigenvalue weighted by Crippen LogP contribution is 2.34. The van der Waals surface area contributed by atoms with Crippen LogP contribution in [0.1, 0.15) is 37.9 Å². The lowest BCUT2D eigenvalue weighted by Crippen LogP contribution is -2.32. The number of para-hydroxylation sites is 2. The highest BCUT2D eigenvalue weighted by Gasteiger charge is 2.28. The van der Waals surface area contributed by atoms with Gasteiger partial charge in [-0.15, -0.1) is 0 Å². The van der Waals surface area contributed by atoms with Gasteiger partial charge in [0.15, 0.2) is 0 Å². The molecule has 5 nitrogen and oxygen atoms in total. The van der Waals surface area contributed by atoms with Crippen molar-refractivity contribution in [3.8, 4) is 17.3 Å². The van der Waals surface area contributed by atoms with Gasteiger partial charge >= 0.3 is 0 Å². The number of aliphatic hydroxyl groups excluding tert-OH is 1. The van der Waals surface area contributed by atoms with Crippen LogP contribution in [0.15, 0.2) is 60.7 Å². The topological polar surface area (TPSA) is 50.5 Å². The van der Waals surface area contributed by atoms with Crippen LogP contribution in [-0.4, -0.2) is 39.0 Å². The van der Waals surface area contributed by atoms with Gasteiger partial charge in [0, 0.05) is 19.6 Å². The minimum absolute atomic E-state index is 0.364. The van der Waals surface area contributed by atoms with Gasteiger partial charge in [0.25, 0.3) is 0 Å². The Hall–Kier alpha value is -2.63. The molecule has 1 saturated carbocycles. The molecule has 0 aliphatic heterocycles. The molecule has 4 rings (SSSR count). The average Bonchev–Trinajstić information content (AvgIpc) is 3.51. The zero-order chi connectivity index (χ0) is 20.9. The predicted octanol–water partition coefficient (Wildman–Crippen LogP) is 4.82. The van der Waals surface area contributed by atoms with Crippen LogP contribution < -0.4 is 4.74 Å². The Balaban J connectivity index is 1.73. The Bertz CT molecular complexity index is 930. The molecule has 1 heterocycles. The fraction of sp³-hybridized carbons (Fsp3) is 0.400. The molecule has 0 unspecified atom stereocenters. The number of nitrogens with zero attached hydrogens (tertiary/aromatic N) is 3. The average molecular weight is 406 g/mol. The number of ether oxygens (including phenoxy) is 1. The highest BCUT2D eigenvalue weighted by molar-refractivity contribution is 5.43. The molecule has 0 saturated heterocycles. The molecule has 3 aromatic rings. The Morgan fingerprint density at radius 3 is 2.37 bits per heavy atom. The van der Waals surface area contributed by atoms with E-state index in [0.29, 0.717) is 6.54 Å². The predicted molar refractivity (Wildman–Crippen MR) is 119 cm³/mol. The lowest BCUT2D eigenvalue weighted by atomic mass is 10.1. The molecule has 0 spiro atoms. The minimum atomic E-state index is -0.364. The lowest BCUT2D eigenvalue weighted by molar-refractivity contribution is 0.118. The fourth-order valence-electron chi connectivity index (χ4n) is 3.84. The van der Waals surface area contributed by atoms with Crippen molar-refractivity contribution >= 4 is 0 Å². The Morgan fingerprint density at radius 2 is 1.77 bits per heavy atom. The monoisotopic (exact) mass is 405 g/mol. The zero-order valence-corrected chi connectivity index (χ0v) is 17.9. The molecule has 0 amide bonds. The van der Waals surface area contributed by atoms with Crippen LogP contribution in [-0.2, 0) is 13.0 Å². The Kier molecular flexibility index (Phi) is 6.50. The summed E-state index contributed by atoms with van der Waals surface area (Å²) in [5.74, 6) is 2.30. The van der Waals surface area contributed by atoms with Crippen LogP contribution in [0.3, 0.4) is 0 Å². The minimum Gasteiger partial charge on any atom is -0.439 e. The first-order valence-electron chi connectivity index (χ1n) is 10.9. The Labute approximate surface area is 178 Å². The number of aliphatic hydroxyl groups is 1. The number of hydrogen-bond donors (Lipinski definition) is 1. The molecule has 1 atom stereocenters. The molecule has 5 heteroatoms. The molecule has 1 N–H and O–H groups in total. The molecule has 1 aromatic heterocycles. The zero-order valence-electron chi connectivity index (χ0n) is 17.9. The summed E-state index contributed by atoms with van der Waals surface area (Å²) in [6.07, 6.45) is 3.03. The van der Waals surface area contributed by atoms with Crippen molar-refractivity contribution < 1.29 is 9.84 Å². The van der Waals surface area contributed by atoms with Crippen LogP contribution >= 0.6 is 0 Å². The van der Waals surface area contributed by atoms with Crippen LogP contribution in [0.2, 0.25) is 0 Å². The maximum absolute atomic E-state index is 10.1. The second-order valence-corrected chi connectivity index (χ2v) is 8.23. The summed E-state index contributed by atoms with van der Waals surface area (Å²) in [6.45, 7) is 6.37. The molecule has 0 bridgehead atoms. The third-order valence-electron chi connectivity index (χ3n) is 5.43. The maximum atomic E-state index is 10.1. The van der Waals surface area contributed by atoms with E-state index >= 15 is 0 Å². The second kappa shape index (κ2) is 9.45. The van der Waals surface area contributed by atoms with Gasteiger partial charge in [-0.25, -0.2) is 4.68 Å². The number of rotatable bonds is 10. The quantitative estimate of drug-likeness (QED) is 0.525. The standard InChI is InChI=1S/C25H31N3O2/c1-3-24-23(18-27(16-19(2)29)17-20-14-15-20)25(30-22-12-8-5-9-13-22)28(26-24)21-10-6-4-7-11-21/h4-13,19-20,29H,3,14-18H2,1-2H3/t19-/m1/s1. The molecule has 1 aliphatic rings. The van der Waals surface area contributed by atoms with E-state index in [4.69, 9.17) is 9.84 Å². The van der Waals surface area contributed by atoms with Crippen molar-refractivity contribution in [1.29, 1.82) is 0 Å². The van der Waals surface area contributed by atoms with E-state index in [-0.39, 0.29) is 6.10 Å². The lowest BCUT2D eigenvalue weighted by Gasteiger charge is -2.24. The van der Waals surface area contributed by atoms with E-state index in [1.54, 1.807) is 0 Å². The number of hydrogen-bond acceptors (Lipinski definition) is 4. The van der Waals surface area contributed by atoms with Crippen molar-refractivity contribution in [2.24, 2.45) is 5.92 Å². The number of aromatic nitrogens is 2. The van der Waals surface area contributed by atoms with E-state index in [2.05, 4.69) is 11.8 Å². The first kappa shape index (κ1) is 20.6. The first-order chi connectivity index (χ1) is 14.6. The van der Waals surface area contributed by atoms with Crippen LogP contribution in [0.5, 0.6) is 11.6 Å². The van der Waals surface area contributed by atoms with Crippen molar-refractivity contribution in [3.05, 3.63) is 71.9 Å². The van der Waals surface area contributed by atoms with Crippen LogP contribution in [0, 0.1) is 5.92 Å². The van der Waals surface area contributed by atoms with Gasteiger partial charge in [0.05, 0.1) is 23.0 Å². The molecule has 1 aliphatic carbocycles. The van der Waals surface area contributed by atoms with Crippen LogP contribution in [0.25, 0.3) is 5.69 Å². The van der Waals surface area contributed by atoms with Crippen molar-refractivity contribution in [2.45, 2.75) is 45.8 Å². The van der Waals surface area contributed by atoms with Crippen molar-refractivity contribution in [2.75, 3.05) is 13.1 Å². The van der Waals surface area contributed by atoms with Gasteiger partial charge in [-0.3, -0.25) is 4.90 Å². The smallest absolute Gasteiger partial charge is 0.227 e. The summed E-state index contributed by atoms with van der Waals surface area (Å²) >= 11 is 0. The van der Waals surface area contributed by atoms with Gasteiger partial charge in [-0.2, -0.15) is 5.10 Å². The summed E-state index contributed by atoms with van der Waals surface area (Å²) in [6, 6.07) is 20.0. The summed E-state index contributed by atoms with van der Waals surface area (Å²) in [5, 5.41) is 15.0. The Morgan fingerprint density at radius 1 is 1.10 bits per heavy atom. The third-order valence-corrected chi connectivity index (χ3v) is 5.43. The molecule has 0 radical (unpaired) electrons. The van der Waals surface area contributed by atoms with E-state index in [1.807, 2.05) is 72.3 Å². The molecule has 30 heavy (non-hydrogen) atoms. The summed E-state index contributed by atoms with van der Waals surface area (Å²) in [5.41, 5.74) is 3.12. The summed E-state index contributed by atoms with van der Waals surface area (Å²) < 4.78 is 8.33. The van der Waals surface area contributed by atoms with Gasteiger partial charge in [-0.05, 0) is 56.4 Å². The highest BCUT2D eigenvalue weighted by atomic mass is 16.5. The SMILES string of the molecule is CCc1nn(-c2ccccc2)c(Oc2ccccc2)c1CN(CC1CC1)C[C@@H](C)O. The summed E-state index contributed by atoms with van der Waals surface area (Å²) in [4.78, 5) is 2.35.